The summed E-state index contributed by atoms with van der Waals surface area (Å²) in [6, 6.07) is 3.95. The summed E-state index contributed by atoms with van der Waals surface area (Å²) in [5.41, 5.74) is 2.58. The van der Waals surface area contributed by atoms with Crippen LogP contribution in [-0.4, -0.2) is 12.6 Å². The number of esters is 1. The molecule has 76 valence electrons. The number of nitrogens with one attached hydrogen (secondary N) is 1. The van der Waals surface area contributed by atoms with Gasteiger partial charge in [-0.1, -0.05) is 0 Å². The van der Waals surface area contributed by atoms with E-state index in [0.717, 1.165) is 6.07 Å². The second-order valence-corrected chi connectivity index (χ2v) is 2.56. The molecule has 0 aromatic heterocycles. The summed E-state index contributed by atoms with van der Waals surface area (Å²) in [6.45, 7) is 1.88. The molecule has 0 unspecified atom stereocenters. The third kappa shape index (κ3) is 2.20. The SMILES string of the molecule is CCOC(=O)c1ccc(NN)cc1F. The molecule has 0 bridgehead atoms. The van der Waals surface area contributed by atoms with Crippen molar-refractivity contribution < 1.29 is 13.9 Å². The first-order chi connectivity index (χ1) is 6.69. The van der Waals surface area contributed by atoms with Gasteiger partial charge in [-0.2, -0.15) is 0 Å². The lowest BCUT2D eigenvalue weighted by Gasteiger charge is -2.04. The molecule has 0 aliphatic heterocycles. The van der Waals surface area contributed by atoms with Crippen molar-refractivity contribution in [2.75, 3.05) is 12.0 Å². The first kappa shape index (κ1) is 10.5. The van der Waals surface area contributed by atoms with Crippen LogP contribution >= 0.6 is 0 Å². The molecule has 0 heterocycles. The van der Waals surface area contributed by atoms with Gasteiger partial charge in [0.25, 0.3) is 0 Å². The van der Waals surface area contributed by atoms with E-state index in [2.05, 4.69) is 10.2 Å². The topological polar surface area (TPSA) is 64.3 Å². The molecular formula is C9H11FN2O2. The molecular weight excluding hydrogens is 187 g/mol. The van der Waals surface area contributed by atoms with E-state index in [1.165, 1.54) is 12.1 Å². The number of benzene rings is 1. The van der Waals surface area contributed by atoms with E-state index in [1.807, 2.05) is 0 Å². The molecule has 14 heavy (non-hydrogen) atoms. The van der Waals surface area contributed by atoms with Crippen LogP contribution in [0.25, 0.3) is 0 Å². The Kier molecular flexibility index (Phi) is 3.41. The first-order valence-electron chi connectivity index (χ1n) is 4.12. The van der Waals surface area contributed by atoms with Crippen LogP contribution in [0.15, 0.2) is 18.2 Å². The lowest BCUT2D eigenvalue weighted by atomic mass is 10.2. The molecule has 3 N–H and O–H groups in total. The molecule has 0 radical (unpaired) electrons. The van der Waals surface area contributed by atoms with E-state index in [4.69, 9.17) is 5.84 Å². The fourth-order valence-corrected chi connectivity index (χ4v) is 0.979. The number of hydrogen-bond acceptors (Lipinski definition) is 4. The average molecular weight is 198 g/mol. The van der Waals surface area contributed by atoms with Crippen molar-refractivity contribution in [3.63, 3.8) is 0 Å². The van der Waals surface area contributed by atoms with Gasteiger partial charge in [0, 0.05) is 0 Å². The number of nitrogens with two attached hydrogens (primary N) is 1. The summed E-state index contributed by atoms with van der Waals surface area (Å²) in [5, 5.41) is 0. The highest BCUT2D eigenvalue weighted by atomic mass is 19.1. The summed E-state index contributed by atoms with van der Waals surface area (Å²) in [4.78, 5) is 11.2. The molecule has 0 aliphatic rings. The Bertz CT molecular complexity index is 342. The van der Waals surface area contributed by atoms with Crippen LogP contribution in [-0.2, 0) is 4.74 Å². The third-order valence-corrected chi connectivity index (χ3v) is 1.63. The standard InChI is InChI=1S/C9H11FN2O2/c1-2-14-9(13)7-4-3-6(12-11)5-8(7)10/h3-5,12H,2,11H2,1H3. The van der Waals surface area contributed by atoms with Crippen molar-refractivity contribution in [2.24, 2.45) is 5.84 Å². The van der Waals surface area contributed by atoms with E-state index in [9.17, 15) is 9.18 Å². The van der Waals surface area contributed by atoms with Gasteiger partial charge in [-0.25, -0.2) is 9.18 Å². The largest absolute Gasteiger partial charge is 0.462 e. The van der Waals surface area contributed by atoms with Crippen molar-refractivity contribution in [3.05, 3.63) is 29.6 Å². The fourth-order valence-electron chi connectivity index (χ4n) is 0.979. The highest BCUT2D eigenvalue weighted by Crippen LogP contribution is 2.14. The van der Waals surface area contributed by atoms with Crippen LogP contribution in [0.5, 0.6) is 0 Å². The Morgan fingerprint density at radius 2 is 2.36 bits per heavy atom. The Balaban J connectivity index is 2.94. The molecule has 1 aromatic rings. The van der Waals surface area contributed by atoms with Gasteiger partial charge in [-0.05, 0) is 25.1 Å². The van der Waals surface area contributed by atoms with Gasteiger partial charge in [0.2, 0.25) is 0 Å². The maximum Gasteiger partial charge on any atom is 0.341 e. The predicted molar refractivity (Wildman–Crippen MR) is 50.2 cm³/mol. The Morgan fingerprint density at radius 1 is 1.64 bits per heavy atom. The number of hydrazine groups is 1. The smallest absolute Gasteiger partial charge is 0.341 e. The van der Waals surface area contributed by atoms with Crippen LogP contribution in [0, 0.1) is 5.82 Å². The van der Waals surface area contributed by atoms with Gasteiger partial charge in [0.05, 0.1) is 17.9 Å². The summed E-state index contributed by atoms with van der Waals surface area (Å²) >= 11 is 0. The van der Waals surface area contributed by atoms with Crippen molar-refractivity contribution in [1.29, 1.82) is 0 Å². The number of nitrogen functional groups attached to an aromatic ring is 1. The van der Waals surface area contributed by atoms with Crippen LogP contribution in [0.1, 0.15) is 17.3 Å². The zero-order valence-corrected chi connectivity index (χ0v) is 7.71. The Morgan fingerprint density at radius 3 is 2.86 bits per heavy atom. The maximum absolute atomic E-state index is 13.2. The van der Waals surface area contributed by atoms with Gasteiger partial charge >= 0.3 is 5.97 Å². The summed E-state index contributed by atoms with van der Waals surface area (Å²) in [5.74, 6) is 3.74. The minimum atomic E-state index is -0.673. The van der Waals surface area contributed by atoms with E-state index >= 15 is 0 Å². The zero-order chi connectivity index (χ0) is 10.6. The number of halogens is 1. The van der Waals surface area contributed by atoms with Crippen LogP contribution in [0.2, 0.25) is 0 Å². The number of rotatable bonds is 3. The van der Waals surface area contributed by atoms with Gasteiger partial charge in [-0.15, -0.1) is 0 Å². The zero-order valence-electron chi connectivity index (χ0n) is 7.71. The highest BCUT2D eigenvalue weighted by molar-refractivity contribution is 5.90. The quantitative estimate of drug-likeness (QED) is 0.436. The normalized spacial score (nSPS) is 9.64. The predicted octanol–water partition coefficient (Wildman–Crippen LogP) is 1.29. The van der Waals surface area contributed by atoms with Crippen molar-refractivity contribution in [1.82, 2.24) is 0 Å². The van der Waals surface area contributed by atoms with E-state index < -0.39 is 11.8 Å². The molecule has 1 rings (SSSR count). The molecule has 0 fully saturated rings. The highest BCUT2D eigenvalue weighted by Gasteiger charge is 2.12. The Labute approximate surface area is 80.8 Å². The van der Waals surface area contributed by atoms with Gasteiger partial charge in [-0.3, -0.25) is 5.84 Å². The molecule has 5 heteroatoms. The van der Waals surface area contributed by atoms with Crippen LogP contribution < -0.4 is 11.3 Å². The summed E-state index contributed by atoms with van der Waals surface area (Å²) in [7, 11) is 0. The number of hydrogen-bond donors (Lipinski definition) is 2. The lowest BCUT2D eigenvalue weighted by molar-refractivity contribution is 0.0521. The number of carbonyl (C=O) groups excluding carboxylic acids is 1. The minimum Gasteiger partial charge on any atom is -0.462 e. The van der Waals surface area contributed by atoms with E-state index in [0.29, 0.717) is 5.69 Å². The molecule has 4 nitrogen and oxygen atoms in total. The molecule has 1 aromatic carbocycles. The average Bonchev–Trinajstić information content (AvgIpc) is 2.17. The molecule has 0 saturated carbocycles. The second-order valence-electron chi connectivity index (χ2n) is 2.56. The number of anilines is 1. The van der Waals surface area contributed by atoms with Gasteiger partial charge in [0.1, 0.15) is 5.82 Å². The molecule has 0 aliphatic carbocycles. The van der Waals surface area contributed by atoms with Crippen LogP contribution in [0.4, 0.5) is 10.1 Å². The van der Waals surface area contributed by atoms with E-state index in [1.54, 1.807) is 6.92 Å². The molecule has 0 atom stereocenters. The first-order valence-corrected chi connectivity index (χ1v) is 4.12. The number of ether oxygens (including phenoxy) is 1. The second kappa shape index (κ2) is 4.57. The number of carbonyl (C=O) groups is 1. The van der Waals surface area contributed by atoms with Crippen molar-refractivity contribution in [3.8, 4) is 0 Å². The lowest BCUT2D eigenvalue weighted by Crippen LogP contribution is -2.10. The minimum absolute atomic E-state index is 0.0918. The third-order valence-electron chi connectivity index (χ3n) is 1.63. The van der Waals surface area contributed by atoms with E-state index in [-0.39, 0.29) is 12.2 Å². The maximum atomic E-state index is 13.2. The monoisotopic (exact) mass is 198 g/mol. The van der Waals surface area contributed by atoms with Crippen LogP contribution in [0.3, 0.4) is 0 Å². The molecule has 0 amide bonds. The fraction of sp³-hybridized carbons (Fsp3) is 0.222. The molecule has 0 saturated heterocycles. The van der Waals surface area contributed by atoms with Gasteiger partial charge < -0.3 is 10.2 Å². The van der Waals surface area contributed by atoms with Crippen molar-refractivity contribution >= 4 is 11.7 Å². The van der Waals surface area contributed by atoms with Crippen molar-refractivity contribution in [2.45, 2.75) is 6.92 Å². The summed E-state index contributed by atoms with van der Waals surface area (Å²) < 4.78 is 17.9. The molecule has 0 spiro atoms. The summed E-state index contributed by atoms with van der Waals surface area (Å²) in [6.07, 6.45) is 0. The van der Waals surface area contributed by atoms with Gasteiger partial charge in [0.15, 0.2) is 0 Å². The Hall–Kier alpha value is -1.62.